The van der Waals surface area contributed by atoms with Crippen LogP contribution in [-0.4, -0.2) is 55.3 Å². The van der Waals surface area contributed by atoms with Crippen LogP contribution in [0.2, 0.25) is 0 Å². The van der Waals surface area contributed by atoms with E-state index in [1.165, 1.54) is 17.8 Å². The van der Waals surface area contributed by atoms with Gasteiger partial charge in [-0.2, -0.15) is 0 Å². The number of aryl methyl sites for hydroxylation is 1. The number of thiophene rings is 2. The Morgan fingerprint density at radius 2 is 1.94 bits per heavy atom. The van der Waals surface area contributed by atoms with Gasteiger partial charge in [0, 0.05) is 33.8 Å². The normalized spacial score (nSPS) is 23.3. The van der Waals surface area contributed by atoms with Gasteiger partial charge in [-0.3, -0.25) is 10.0 Å². The third-order valence-electron chi connectivity index (χ3n) is 6.83. The van der Waals surface area contributed by atoms with Crippen LogP contribution in [0.25, 0.3) is 9.75 Å². The first-order chi connectivity index (χ1) is 16.2. The molecule has 1 aliphatic carbocycles. The molecule has 4 rings (SSSR count). The van der Waals surface area contributed by atoms with Crippen molar-refractivity contribution in [1.29, 1.82) is 0 Å². The molecule has 34 heavy (non-hydrogen) atoms. The highest BCUT2D eigenvalue weighted by molar-refractivity contribution is 7.92. The second kappa shape index (κ2) is 10.3. The van der Waals surface area contributed by atoms with Crippen LogP contribution >= 0.6 is 22.7 Å². The summed E-state index contributed by atoms with van der Waals surface area (Å²) in [4.78, 5) is 29.3. The minimum Gasteiger partial charge on any atom is -0.335 e. The van der Waals surface area contributed by atoms with Gasteiger partial charge in [0.2, 0.25) is 5.91 Å². The molecule has 2 aromatic rings. The van der Waals surface area contributed by atoms with Gasteiger partial charge in [-0.05, 0) is 55.3 Å². The molecule has 0 aromatic carbocycles. The van der Waals surface area contributed by atoms with E-state index in [9.17, 15) is 23.2 Å². The topological polar surface area (TPSA) is 116 Å². The van der Waals surface area contributed by atoms with Crippen molar-refractivity contribution < 1.29 is 23.2 Å². The quantitative estimate of drug-likeness (QED) is 0.403. The SMILES string of the molecule is Cc1csc(-c2ccc(C3(CC(=O)NO)CCN(C(=O)NC4CCCCC4)CCS3(=O)=O)s2)c1. The van der Waals surface area contributed by atoms with E-state index >= 15 is 0 Å². The van der Waals surface area contributed by atoms with E-state index in [4.69, 9.17) is 0 Å². The maximum absolute atomic E-state index is 13.7. The standard InChI is InChI=1S/C23H31N3O5S3/c1-16-13-19(32-15-16)18-7-8-20(33-18)23(14-21(27)25-29)9-10-26(11-12-34(23,30)31)22(28)24-17-5-3-2-4-6-17/h7-8,13,15,17,29H,2-6,9-12,14H2,1H3,(H,24,28)(H,25,27). The van der Waals surface area contributed by atoms with Crippen LogP contribution in [0, 0.1) is 6.92 Å². The first kappa shape index (κ1) is 25.2. The zero-order valence-electron chi connectivity index (χ0n) is 19.2. The van der Waals surface area contributed by atoms with Gasteiger partial charge in [0.05, 0.1) is 12.2 Å². The summed E-state index contributed by atoms with van der Waals surface area (Å²) in [5.74, 6) is -1.000. The summed E-state index contributed by atoms with van der Waals surface area (Å²) in [6, 6.07) is 5.59. The average molecular weight is 526 g/mol. The van der Waals surface area contributed by atoms with Crippen molar-refractivity contribution in [2.24, 2.45) is 0 Å². The second-order valence-corrected chi connectivity index (χ2v) is 13.6. The largest absolute Gasteiger partial charge is 0.335 e. The fourth-order valence-electron chi connectivity index (χ4n) is 4.86. The van der Waals surface area contributed by atoms with Crippen LogP contribution in [0.15, 0.2) is 23.6 Å². The van der Waals surface area contributed by atoms with Crippen molar-refractivity contribution in [2.45, 2.75) is 62.7 Å². The molecule has 3 heterocycles. The lowest BCUT2D eigenvalue weighted by Gasteiger charge is -2.30. The Balaban J connectivity index is 1.62. The molecule has 8 nitrogen and oxygen atoms in total. The Bertz CT molecular complexity index is 1140. The molecule has 3 N–H and O–H groups in total. The number of urea groups is 1. The van der Waals surface area contributed by atoms with Crippen LogP contribution in [0.4, 0.5) is 4.79 Å². The van der Waals surface area contributed by atoms with E-state index in [2.05, 4.69) is 5.32 Å². The van der Waals surface area contributed by atoms with E-state index in [0.717, 1.165) is 41.0 Å². The molecule has 0 spiro atoms. The van der Waals surface area contributed by atoms with Gasteiger partial charge in [0.15, 0.2) is 9.84 Å². The van der Waals surface area contributed by atoms with Crippen LogP contribution in [0.5, 0.6) is 0 Å². The molecule has 3 amide bonds. The number of hydrogen-bond donors (Lipinski definition) is 3. The second-order valence-electron chi connectivity index (χ2n) is 9.20. The number of nitrogens with zero attached hydrogens (tertiary/aromatic N) is 1. The first-order valence-corrected chi connectivity index (χ1v) is 15.0. The lowest BCUT2D eigenvalue weighted by atomic mass is 9.95. The summed E-state index contributed by atoms with van der Waals surface area (Å²) in [6.07, 6.45) is 4.93. The molecular formula is C23H31N3O5S3. The number of carbonyl (C=O) groups excluding carboxylic acids is 2. The number of carbonyl (C=O) groups is 2. The minimum atomic E-state index is -3.82. The molecule has 1 saturated carbocycles. The zero-order valence-corrected chi connectivity index (χ0v) is 21.7. The number of sulfone groups is 1. The van der Waals surface area contributed by atoms with Gasteiger partial charge < -0.3 is 10.2 Å². The maximum Gasteiger partial charge on any atom is 0.317 e. The van der Waals surface area contributed by atoms with E-state index in [0.29, 0.717) is 4.88 Å². The third kappa shape index (κ3) is 5.17. The Hall–Kier alpha value is -1.95. The highest BCUT2D eigenvalue weighted by atomic mass is 32.2. The number of hydrogen-bond acceptors (Lipinski definition) is 7. The molecular weight excluding hydrogens is 494 g/mol. The van der Waals surface area contributed by atoms with E-state index in [1.807, 2.05) is 24.4 Å². The fraction of sp³-hybridized carbons (Fsp3) is 0.565. The Labute approximate surface area is 208 Å². The predicted molar refractivity (Wildman–Crippen MR) is 134 cm³/mol. The summed E-state index contributed by atoms with van der Waals surface area (Å²) in [7, 11) is -3.82. The lowest BCUT2D eigenvalue weighted by molar-refractivity contribution is -0.129. The molecule has 1 unspecified atom stereocenters. The van der Waals surface area contributed by atoms with Crippen molar-refractivity contribution in [2.75, 3.05) is 18.8 Å². The molecule has 1 saturated heterocycles. The van der Waals surface area contributed by atoms with Crippen molar-refractivity contribution >= 4 is 44.4 Å². The third-order valence-corrected chi connectivity index (χ3v) is 12.0. The molecule has 11 heteroatoms. The van der Waals surface area contributed by atoms with E-state index in [-0.39, 0.29) is 37.3 Å². The van der Waals surface area contributed by atoms with Crippen LogP contribution < -0.4 is 10.8 Å². The molecule has 186 valence electrons. The highest BCUT2D eigenvalue weighted by Gasteiger charge is 2.50. The Morgan fingerprint density at radius 1 is 1.18 bits per heavy atom. The van der Waals surface area contributed by atoms with Gasteiger partial charge in [0.1, 0.15) is 4.75 Å². The predicted octanol–water partition coefficient (Wildman–Crippen LogP) is 4.04. The molecule has 0 bridgehead atoms. The van der Waals surface area contributed by atoms with E-state index < -0.39 is 26.9 Å². The van der Waals surface area contributed by atoms with E-state index in [1.54, 1.807) is 27.8 Å². The molecule has 1 aliphatic heterocycles. The van der Waals surface area contributed by atoms with Crippen molar-refractivity contribution in [3.63, 3.8) is 0 Å². The van der Waals surface area contributed by atoms with Crippen molar-refractivity contribution in [3.8, 4) is 9.75 Å². The highest BCUT2D eigenvalue weighted by Crippen LogP contribution is 2.46. The zero-order chi connectivity index (χ0) is 24.3. The van der Waals surface area contributed by atoms with Crippen molar-refractivity contribution in [1.82, 2.24) is 15.7 Å². The first-order valence-electron chi connectivity index (χ1n) is 11.6. The Kier molecular flexibility index (Phi) is 7.66. The van der Waals surface area contributed by atoms with Crippen LogP contribution in [-0.2, 0) is 19.4 Å². The summed E-state index contributed by atoms with van der Waals surface area (Å²) < 4.78 is 25.8. The average Bonchev–Trinajstić information content (AvgIpc) is 3.45. The summed E-state index contributed by atoms with van der Waals surface area (Å²) in [5, 5.41) is 14.3. The number of hydroxylamine groups is 1. The van der Waals surface area contributed by atoms with Gasteiger partial charge in [-0.25, -0.2) is 18.7 Å². The van der Waals surface area contributed by atoms with Gasteiger partial charge >= 0.3 is 6.03 Å². The van der Waals surface area contributed by atoms with Crippen molar-refractivity contribution in [3.05, 3.63) is 34.0 Å². The lowest BCUT2D eigenvalue weighted by Crippen LogP contribution is -2.46. The van der Waals surface area contributed by atoms with Crippen LogP contribution in [0.3, 0.4) is 0 Å². The minimum absolute atomic E-state index is 0.0751. The number of nitrogens with one attached hydrogen (secondary N) is 2. The molecule has 1 atom stereocenters. The Morgan fingerprint density at radius 3 is 2.62 bits per heavy atom. The summed E-state index contributed by atoms with van der Waals surface area (Å²) in [6.45, 7) is 2.29. The number of amides is 3. The molecule has 2 fully saturated rings. The molecule has 2 aromatic heterocycles. The van der Waals surface area contributed by atoms with Crippen LogP contribution in [0.1, 0.15) is 55.4 Å². The maximum atomic E-state index is 13.7. The van der Waals surface area contributed by atoms with Gasteiger partial charge in [0.25, 0.3) is 0 Å². The summed E-state index contributed by atoms with van der Waals surface area (Å²) in [5.41, 5.74) is 2.74. The van der Waals surface area contributed by atoms with Gasteiger partial charge in [-0.1, -0.05) is 19.3 Å². The monoisotopic (exact) mass is 525 g/mol. The fourth-order valence-corrected chi connectivity index (χ4v) is 9.46. The molecule has 2 aliphatic rings. The van der Waals surface area contributed by atoms with Gasteiger partial charge in [-0.15, -0.1) is 22.7 Å². The molecule has 0 radical (unpaired) electrons. The smallest absolute Gasteiger partial charge is 0.317 e. The summed E-state index contributed by atoms with van der Waals surface area (Å²) >= 11 is 2.94. The number of rotatable bonds is 5.